The number of carbonyl (C=O) groups excluding carboxylic acids is 3. The fraction of sp³-hybridized carbons (Fsp3) is 0.571. The van der Waals surface area contributed by atoms with Gasteiger partial charge in [0.1, 0.15) is 5.75 Å². The minimum absolute atomic E-state index is 0.0350. The first kappa shape index (κ1) is 20.2. The van der Waals surface area contributed by atoms with Crippen molar-refractivity contribution in [2.75, 3.05) is 13.1 Å². The van der Waals surface area contributed by atoms with Gasteiger partial charge in [-0.2, -0.15) is 0 Å². The molecule has 1 aromatic carbocycles. The lowest BCUT2D eigenvalue weighted by Crippen LogP contribution is -2.43. The summed E-state index contributed by atoms with van der Waals surface area (Å²) in [5.41, 5.74) is 1.93. The Morgan fingerprint density at radius 2 is 2.00 bits per heavy atom. The molecule has 0 aromatic heterocycles. The monoisotopic (exact) mass is 387 g/mol. The first-order valence-electron chi connectivity index (χ1n) is 10.2. The van der Waals surface area contributed by atoms with Crippen LogP contribution in [0.25, 0.3) is 0 Å². The van der Waals surface area contributed by atoms with Gasteiger partial charge < -0.3 is 20.6 Å². The van der Waals surface area contributed by atoms with Crippen LogP contribution in [0.4, 0.5) is 4.79 Å². The lowest BCUT2D eigenvalue weighted by Gasteiger charge is -2.29. The second-order valence-corrected chi connectivity index (χ2v) is 7.66. The smallest absolute Gasteiger partial charge is 0.315 e. The van der Waals surface area contributed by atoms with Crippen molar-refractivity contribution < 1.29 is 19.5 Å². The van der Waals surface area contributed by atoms with Crippen molar-refractivity contribution in [1.82, 2.24) is 15.5 Å². The number of benzene rings is 1. The maximum Gasteiger partial charge on any atom is 0.315 e. The first-order valence-corrected chi connectivity index (χ1v) is 10.2. The summed E-state index contributed by atoms with van der Waals surface area (Å²) in [5.74, 6) is 0.0758. The van der Waals surface area contributed by atoms with Crippen molar-refractivity contribution in [3.63, 3.8) is 0 Å². The number of hydrogen-bond donors (Lipinski definition) is 3. The van der Waals surface area contributed by atoms with Crippen molar-refractivity contribution in [1.29, 1.82) is 0 Å². The highest BCUT2D eigenvalue weighted by Crippen LogP contribution is 2.30. The van der Waals surface area contributed by atoms with Gasteiger partial charge in [0.05, 0.1) is 5.56 Å². The van der Waals surface area contributed by atoms with Crippen LogP contribution < -0.4 is 10.6 Å². The highest BCUT2D eigenvalue weighted by molar-refractivity contribution is 5.81. The summed E-state index contributed by atoms with van der Waals surface area (Å²) in [5, 5.41) is 16.0. The van der Waals surface area contributed by atoms with Crippen molar-refractivity contribution in [3.05, 3.63) is 28.8 Å². The Morgan fingerprint density at radius 3 is 2.75 bits per heavy atom. The van der Waals surface area contributed by atoms with E-state index in [1.54, 1.807) is 17.0 Å². The number of rotatable bonds is 6. The van der Waals surface area contributed by atoms with Crippen molar-refractivity contribution >= 4 is 18.2 Å². The Bertz CT molecular complexity index is 729. The molecule has 1 saturated carbocycles. The first-order chi connectivity index (χ1) is 13.6. The van der Waals surface area contributed by atoms with Gasteiger partial charge >= 0.3 is 6.03 Å². The van der Waals surface area contributed by atoms with Crippen LogP contribution in [0, 0.1) is 0 Å². The quantitative estimate of drug-likeness (QED) is 0.516. The number of amides is 3. The number of aromatic hydroxyl groups is 1. The number of aldehydes is 1. The molecule has 7 heteroatoms. The molecule has 1 aliphatic carbocycles. The van der Waals surface area contributed by atoms with Crippen LogP contribution in [0.3, 0.4) is 0 Å². The maximum absolute atomic E-state index is 12.5. The number of phenolic OH excluding ortho intramolecular Hbond substituents is 1. The van der Waals surface area contributed by atoms with E-state index < -0.39 is 0 Å². The van der Waals surface area contributed by atoms with E-state index in [-0.39, 0.29) is 29.3 Å². The predicted molar refractivity (Wildman–Crippen MR) is 105 cm³/mol. The summed E-state index contributed by atoms with van der Waals surface area (Å²) in [7, 11) is 0. The second-order valence-electron chi connectivity index (χ2n) is 7.66. The van der Waals surface area contributed by atoms with E-state index >= 15 is 0 Å². The summed E-state index contributed by atoms with van der Waals surface area (Å²) < 4.78 is 0. The third-order valence-electron chi connectivity index (χ3n) is 5.68. The van der Waals surface area contributed by atoms with Gasteiger partial charge in [-0.05, 0) is 37.3 Å². The normalized spacial score (nSPS) is 16.9. The van der Waals surface area contributed by atoms with E-state index in [2.05, 4.69) is 10.6 Å². The van der Waals surface area contributed by atoms with E-state index in [0.717, 1.165) is 24.0 Å². The third kappa shape index (κ3) is 5.03. The number of nitrogens with one attached hydrogen (secondary N) is 2. The zero-order valence-corrected chi connectivity index (χ0v) is 16.2. The van der Waals surface area contributed by atoms with Crippen molar-refractivity contribution in [2.24, 2.45) is 0 Å². The van der Waals surface area contributed by atoms with E-state index in [9.17, 15) is 19.5 Å². The number of hydrogen-bond acceptors (Lipinski definition) is 4. The SMILES string of the molecule is O=Cc1ccc2c(c1O)CCN(C(=O)CCCNC(=O)NC1CCCCC1)C2. The molecule has 152 valence electrons. The lowest BCUT2D eigenvalue weighted by molar-refractivity contribution is -0.132. The fourth-order valence-electron chi connectivity index (χ4n) is 4.05. The van der Waals surface area contributed by atoms with Gasteiger partial charge in [0.25, 0.3) is 0 Å². The largest absolute Gasteiger partial charge is 0.507 e. The molecule has 1 fully saturated rings. The number of fused-ring (bicyclic) bond motifs is 1. The molecule has 3 N–H and O–H groups in total. The molecule has 0 radical (unpaired) electrons. The Morgan fingerprint density at radius 1 is 1.21 bits per heavy atom. The number of nitrogens with zero attached hydrogens (tertiary/aromatic N) is 1. The Hall–Kier alpha value is -2.57. The van der Waals surface area contributed by atoms with Crippen LogP contribution >= 0.6 is 0 Å². The minimum Gasteiger partial charge on any atom is -0.507 e. The van der Waals surface area contributed by atoms with Gasteiger partial charge in [0, 0.05) is 37.7 Å². The van der Waals surface area contributed by atoms with Crippen molar-refractivity contribution in [3.8, 4) is 5.75 Å². The third-order valence-corrected chi connectivity index (χ3v) is 5.68. The topological polar surface area (TPSA) is 98.7 Å². The van der Waals surface area contributed by atoms with Gasteiger partial charge in [0.2, 0.25) is 5.91 Å². The zero-order chi connectivity index (χ0) is 19.9. The molecule has 0 spiro atoms. The maximum atomic E-state index is 12.5. The molecule has 1 aliphatic heterocycles. The Balaban J connectivity index is 1.39. The lowest BCUT2D eigenvalue weighted by atomic mass is 9.96. The fourth-order valence-corrected chi connectivity index (χ4v) is 4.05. The molecule has 1 aromatic rings. The summed E-state index contributed by atoms with van der Waals surface area (Å²) in [6.45, 7) is 1.44. The molecule has 3 rings (SSSR count). The van der Waals surface area contributed by atoms with E-state index in [0.29, 0.717) is 45.2 Å². The summed E-state index contributed by atoms with van der Waals surface area (Å²) in [6, 6.07) is 3.52. The van der Waals surface area contributed by atoms with Gasteiger partial charge in [-0.15, -0.1) is 0 Å². The van der Waals surface area contributed by atoms with E-state index in [1.165, 1.54) is 19.3 Å². The highest BCUT2D eigenvalue weighted by Gasteiger charge is 2.23. The molecule has 1 heterocycles. The Kier molecular flexibility index (Phi) is 6.90. The minimum atomic E-state index is -0.146. The molecule has 3 amide bonds. The molecule has 2 aliphatic rings. The average Bonchev–Trinajstić information content (AvgIpc) is 2.72. The highest BCUT2D eigenvalue weighted by atomic mass is 16.3. The van der Waals surface area contributed by atoms with Crippen LogP contribution in [0.15, 0.2) is 12.1 Å². The molecule has 0 atom stereocenters. The molecule has 0 unspecified atom stereocenters. The average molecular weight is 387 g/mol. The van der Waals surface area contributed by atoms with Crippen LogP contribution in [0.2, 0.25) is 0 Å². The van der Waals surface area contributed by atoms with Crippen LogP contribution in [-0.2, 0) is 17.8 Å². The predicted octanol–water partition coefficient (Wildman–Crippen LogP) is 2.50. The molecule has 28 heavy (non-hydrogen) atoms. The van der Waals surface area contributed by atoms with Gasteiger partial charge in [-0.3, -0.25) is 9.59 Å². The van der Waals surface area contributed by atoms with Gasteiger partial charge in [-0.25, -0.2) is 4.79 Å². The molecule has 0 bridgehead atoms. The molecule has 0 saturated heterocycles. The number of carbonyl (C=O) groups is 3. The standard InChI is InChI=1S/C21H29N3O4/c25-14-16-9-8-15-13-24(12-10-18(15)20(16)27)19(26)7-4-11-22-21(28)23-17-5-2-1-3-6-17/h8-9,14,17,27H,1-7,10-13H2,(H2,22,23,28). The van der Waals surface area contributed by atoms with Crippen LogP contribution in [0.1, 0.15) is 66.4 Å². The summed E-state index contributed by atoms with van der Waals surface area (Å²) >= 11 is 0. The van der Waals surface area contributed by atoms with Crippen molar-refractivity contribution in [2.45, 2.75) is 64.0 Å². The summed E-state index contributed by atoms with van der Waals surface area (Å²) in [6.07, 6.45) is 7.84. The molecular weight excluding hydrogens is 358 g/mol. The Labute approximate surface area is 165 Å². The zero-order valence-electron chi connectivity index (χ0n) is 16.2. The summed E-state index contributed by atoms with van der Waals surface area (Å²) in [4.78, 5) is 37.1. The number of urea groups is 1. The molecular formula is C21H29N3O4. The van der Waals surface area contributed by atoms with Crippen LogP contribution in [0.5, 0.6) is 5.75 Å². The number of phenols is 1. The van der Waals surface area contributed by atoms with E-state index in [4.69, 9.17) is 0 Å². The second kappa shape index (κ2) is 9.57. The van der Waals surface area contributed by atoms with Crippen LogP contribution in [-0.4, -0.2) is 47.4 Å². The van der Waals surface area contributed by atoms with E-state index in [1.807, 2.05) is 0 Å². The van der Waals surface area contributed by atoms with Gasteiger partial charge in [0.15, 0.2) is 6.29 Å². The van der Waals surface area contributed by atoms with Gasteiger partial charge in [-0.1, -0.05) is 25.3 Å². The molecule has 7 nitrogen and oxygen atoms in total.